The third-order valence-corrected chi connectivity index (χ3v) is 5.95. The van der Waals surface area contributed by atoms with Crippen LogP contribution in [0.1, 0.15) is 42.9 Å². The maximum absolute atomic E-state index is 12.8. The van der Waals surface area contributed by atoms with Crippen LogP contribution in [0.3, 0.4) is 0 Å². The van der Waals surface area contributed by atoms with Gasteiger partial charge in [-0.1, -0.05) is 31.5 Å². The van der Waals surface area contributed by atoms with Crippen molar-refractivity contribution in [2.24, 2.45) is 5.92 Å². The van der Waals surface area contributed by atoms with Crippen LogP contribution in [0.4, 0.5) is 13.2 Å². The van der Waals surface area contributed by atoms with Crippen molar-refractivity contribution >= 4 is 21.0 Å². The molecule has 1 aliphatic carbocycles. The molecule has 144 valence electrons. The number of allylic oxidation sites excluding steroid dienone is 2. The van der Waals surface area contributed by atoms with Crippen LogP contribution in [-0.4, -0.2) is 19.7 Å². The third kappa shape index (κ3) is 4.24. The summed E-state index contributed by atoms with van der Waals surface area (Å²) in [4.78, 5) is 4.05. The highest BCUT2D eigenvalue weighted by Crippen LogP contribution is 2.44. The van der Waals surface area contributed by atoms with E-state index in [0.717, 1.165) is 59.9 Å². The van der Waals surface area contributed by atoms with Gasteiger partial charge in [-0.3, -0.25) is 0 Å². The molecule has 0 aliphatic heterocycles. The quantitative estimate of drug-likeness (QED) is 0.712. The molecule has 2 aromatic rings. The predicted octanol–water partition coefficient (Wildman–Crippen LogP) is 5.23. The fourth-order valence-corrected chi connectivity index (χ4v) is 3.97. The van der Waals surface area contributed by atoms with E-state index < -0.39 is 21.6 Å². The Balaban J connectivity index is 2.01. The second-order valence-electron chi connectivity index (χ2n) is 6.87. The average Bonchev–Trinajstić information content (AvgIpc) is 3.05. The summed E-state index contributed by atoms with van der Waals surface area (Å²) >= 11 is 0. The van der Waals surface area contributed by atoms with Crippen molar-refractivity contribution in [3.05, 3.63) is 59.3 Å². The lowest BCUT2D eigenvalue weighted by atomic mass is 9.97. The van der Waals surface area contributed by atoms with Crippen molar-refractivity contribution in [3.63, 3.8) is 0 Å². The first kappa shape index (κ1) is 19.6. The normalized spacial score (nSPS) is 18.2. The van der Waals surface area contributed by atoms with E-state index in [9.17, 15) is 21.6 Å². The van der Waals surface area contributed by atoms with Gasteiger partial charge in [-0.2, -0.15) is 13.2 Å². The van der Waals surface area contributed by atoms with Crippen LogP contribution in [0.25, 0.3) is 11.1 Å². The number of sulfone groups is 1. The number of halogens is 3. The van der Waals surface area contributed by atoms with Gasteiger partial charge in [0.2, 0.25) is 0 Å². The van der Waals surface area contributed by atoms with Crippen molar-refractivity contribution in [3.8, 4) is 0 Å². The SMILES string of the molecule is CCC1CC(c2ccc(C(F)(F)F)cc2)=C(c2ccc(S(C)(=O)=O)nc2)C1. The van der Waals surface area contributed by atoms with Crippen LogP contribution in [-0.2, 0) is 16.0 Å². The highest BCUT2D eigenvalue weighted by molar-refractivity contribution is 7.90. The highest BCUT2D eigenvalue weighted by atomic mass is 32.2. The van der Waals surface area contributed by atoms with E-state index >= 15 is 0 Å². The molecule has 3 nitrogen and oxygen atoms in total. The van der Waals surface area contributed by atoms with Gasteiger partial charge >= 0.3 is 6.18 Å². The van der Waals surface area contributed by atoms with Gasteiger partial charge in [0, 0.05) is 12.5 Å². The van der Waals surface area contributed by atoms with Crippen molar-refractivity contribution < 1.29 is 21.6 Å². The van der Waals surface area contributed by atoms with Crippen molar-refractivity contribution in [1.29, 1.82) is 0 Å². The number of aromatic nitrogens is 1. The van der Waals surface area contributed by atoms with Crippen LogP contribution in [0, 0.1) is 5.92 Å². The van der Waals surface area contributed by atoms with E-state index in [2.05, 4.69) is 11.9 Å². The summed E-state index contributed by atoms with van der Waals surface area (Å²) in [6.07, 6.45) is 0.821. The Morgan fingerprint density at radius 3 is 2.00 bits per heavy atom. The number of hydrogen-bond donors (Lipinski definition) is 0. The minimum atomic E-state index is -4.36. The summed E-state index contributed by atoms with van der Waals surface area (Å²) in [6.45, 7) is 2.09. The lowest BCUT2D eigenvalue weighted by Gasteiger charge is -2.11. The van der Waals surface area contributed by atoms with Gasteiger partial charge in [0.25, 0.3) is 0 Å². The van der Waals surface area contributed by atoms with Crippen LogP contribution >= 0.6 is 0 Å². The smallest absolute Gasteiger partial charge is 0.244 e. The molecule has 0 amide bonds. The predicted molar refractivity (Wildman–Crippen MR) is 98.6 cm³/mol. The zero-order valence-electron chi connectivity index (χ0n) is 15.0. The monoisotopic (exact) mass is 395 g/mol. The number of rotatable bonds is 4. The third-order valence-electron chi connectivity index (χ3n) is 4.95. The Morgan fingerprint density at radius 1 is 1.00 bits per heavy atom. The van der Waals surface area contributed by atoms with E-state index in [0.29, 0.717) is 5.92 Å². The van der Waals surface area contributed by atoms with E-state index in [-0.39, 0.29) is 5.03 Å². The fraction of sp³-hybridized carbons (Fsp3) is 0.350. The van der Waals surface area contributed by atoms with E-state index in [1.54, 1.807) is 6.07 Å². The van der Waals surface area contributed by atoms with Crippen molar-refractivity contribution in [2.75, 3.05) is 6.26 Å². The topological polar surface area (TPSA) is 47.0 Å². The van der Waals surface area contributed by atoms with Crippen LogP contribution < -0.4 is 0 Å². The molecular weight excluding hydrogens is 375 g/mol. The zero-order valence-corrected chi connectivity index (χ0v) is 15.9. The average molecular weight is 395 g/mol. The zero-order chi connectivity index (χ0) is 19.8. The molecule has 0 saturated carbocycles. The summed E-state index contributed by atoms with van der Waals surface area (Å²) in [5, 5.41) is 0.00738. The summed E-state index contributed by atoms with van der Waals surface area (Å²) < 4.78 is 61.7. The number of alkyl halides is 3. The molecule has 0 saturated heterocycles. The second-order valence-corrected chi connectivity index (χ2v) is 8.83. The fourth-order valence-electron chi connectivity index (χ4n) is 3.41. The van der Waals surface area contributed by atoms with E-state index in [1.807, 2.05) is 0 Å². The molecule has 0 N–H and O–H groups in total. The lowest BCUT2D eigenvalue weighted by Crippen LogP contribution is -2.04. The van der Waals surface area contributed by atoms with Crippen molar-refractivity contribution in [1.82, 2.24) is 4.98 Å². The Labute approximate surface area is 156 Å². The molecule has 0 fully saturated rings. The molecule has 0 radical (unpaired) electrons. The Morgan fingerprint density at radius 2 is 1.56 bits per heavy atom. The standard InChI is InChI=1S/C20H20F3NO2S/c1-3-13-10-17(14-4-7-16(8-5-14)20(21,22)23)18(11-13)15-6-9-19(24-12-15)27(2,25)26/h4-9,12-13H,3,10-11H2,1-2H3. The lowest BCUT2D eigenvalue weighted by molar-refractivity contribution is -0.137. The Bertz CT molecular complexity index is 960. The largest absolute Gasteiger partial charge is 0.416 e. The number of nitrogens with zero attached hydrogens (tertiary/aromatic N) is 1. The van der Waals surface area contributed by atoms with E-state index in [4.69, 9.17) is 0 Å². The van der Waals surface area contributed by atoms with Gasteiger partial charge in [0.1, 0.15) is 0 Å². The summed E-state index contributed by atoms with van der Waals surface area (Å²) in [7, 11) is -3.38. The molecule has 1 aliphatic rings. The molecule has 1 unspecified atom stereocenters. The molecule has 3 rings (SSSR count). The van der Waals surface area contributed by atoms with Crippen LogP contribution in [0.2, 0.25) is 0 Å². The molecule has 1 aromatic heterocycles. The summed E-state index contributed by atoms with van der Waals surface area (Å²) in [6, 6.07) is 8.42. The molecule has 1 atom stereocenters. The van der Waals surface area contributed by atoms with Gasteiger partial charge in [-0.25, -0.2) is 13.4 Å². The Hall–Kier alpha value is -2.15. The van der Waals surface area contributed by atoms with Gasteiger partial charge in [-0.05, 0) is 59.2 Å². The minimum absolute atomic E-state index is 0.00738. The molecule has 0 bridgehead atoms. The van der Waals surface area contributed by atoms with Crippen LogP contribution in [0.5, 0.6) is 0 Å². The molecule has 7 heteroatoms. The van der Waals surface area contributed by atoms with Gasteiger partial charge in [0.05, 0.1) is 5.56 Å². The minimum Gasteiger partial charge on any atom is -0.244 e. The first-order valence-electron chi connectivity index (χ1n) is 8.65. The Kier molecular flexibility index (Phi) is 5.16. The number of pyridine rings is 1. The first-order valence-corrected chi connectivity index (χ1v) is 10.5. The molecule has 27 heavy (non-hydrogen) atoms. The van der Waals surface area contributed by atoms with Gasteiger partial charge < -0.3 is 0 Å². The van der Waals surface area contributed by atoms with Crippen molar-refractivity contribution in [2.45, 2.75) is 37.4 Å². The first-order chi connectivity index (χ1) is 12.6. The van der Waals surface area contributed by atoms with Gasteiger partial charge in [-0.15, -0.1) is 0 Å². The van der Waals surface area contributed by atoms with Gasteiger partial charge in [0.15, 0.2) is 14.9 Å². The second kappa shape index (κ2) is 7.11. The van der Waals surface area contributed by atoms with Crippen LogP contribution in [0.15, 0.2) is 47.6 Å². The summed E-state index contributed by atoms with van der Waals surface area (Å²) in [5.74, 6) is 0.409. The number of hydrogen-bond acceptors (Lipinski definition) is 3. The molecular formula is C20H20F3NO2S. The summed E-state index contributed by atoms with van der Waals surface area (Å²) in [5.41, 5.74) is 2.94. The molecule has 1 heterocycles. The maximum atomic E-state index is 12.8. The van der Waals surface area contributed by atoms with E-state index in [1.165, 1.54) is 24.4 Å². The maximum Gasteiger partial charge on any atom is 0.416 e. The molecule has 0 spiro atoms. The number of benzene rings is 1. The molecule has 1 aromatic carbocycles. The highest BCUT2D eigenvalue weighted by Gasteiger charge is 2.31.